The molecule has 0 N–H and O–H groups in total. The van der Waals surface area contributed by atoms with Gasteiger partial charge >= 0.3 is 5.97 Å². The number of rotatable bonds is 5. The summed E-state index contributed by atoms with van der Waals surface area (Å²) >= 11 is 6.00. The summed E-state index contributed by atoms with van der Waals surface area (Å²) in [5, 5.41) is 0.667. The van der Waals surface area contributed by atoms with Crippen LogP contribution in [0.25, 0.3) is 0 Å². The Morgan fingerprint density at radius 3 is 2.17 bits per heavy atom. The van der Waals surface area contributed by atoms with E-state index in [-0.39, 0.29) is 23.7 Å². The minimum Gasteiger partial charge on any atom is -0.466 e. The van der Waals surface area contributed by atoms with Gasteiger partial charge in [0.15, 0.2) is 0 Å². The van der Waals surface area contributed by atoms with Gasteiger partial charge in [-0.1, -0.05) is 23.7 Å². The minimum absolute atomic E-state index is 0.0352. The highest BCUT2D eigenvalue weighted by atomic mass is 35.5. The fraction of sp³-hybridized carbons (Fsp3) is 0.609. The molecule has 2 aliphatic rings. The van der Waals surface area contributed by atoms with E-state index in [0.29, 0.717) is 69.9 Å². The normalized spacial score (nSPS) is 19.4. The Bertz CT molecular complexity index is 764. The van der Waals surface area contributed by atoms with Gasteiger partial charge in [-0.2, -0.15) is 0 Å². The van der Waals surface area contributed by atoms with Crippen LogP contribution in [-0.4, -0.2) is 60.4 Å². The molecule has 0 bridgehead atoms. The van der Waals surface area contributed by atoms with Crippen molar-refractivity contribution in [3.63, 3.8) is 0 Å². The van der Waals surface area contributed by atoms with Gasteiger partial charge in [0, 0.05) is 44.0 Å². The van der Waals surface area contributed by atoms with Crippen molar-refractivity contribution in [3.05, 3.63) is 34.9 Å². The summed E-state index contributed by atoms with van der Waals surface area (Å²) in [7, 11) is 0. The predicted molar refractivity (Wildman–Crippen MR) is 115 cm³/mol. The molecule has 0 spiro atoms. The number of ether oxygens (including phenoxy) is 1. The van der Waals surface area contributed by atoms with E-state index in [1.165, 1.54) is 0 Å². The molecule has 2 heterocycles. The van der Waals surface area contributed by atoms with Gasteiger partial charge in [0.2, 0.25) is 11.8 Å². The number of carbonyl (C=O) groups is 3. The summed E-state index contributed by atoms with van der Waals surface area (Å²) in [5.41, 5.74) is 0.433. The molecule has 0 atom stereocenters. The van der Waals surface area contributed by atoms with Gasteiger partial charge in [0.25, 0.3) is 0 Å². The maximum absolute atomic E-state index is 13.0. The third kappa shape index (κ3) is 5.15. The number of nitrogens with zero attached hydrogens (tertiary/aromatic N) is 2. The van der Waals surface area contributed by atoms with Crippen molar-refractivity contribution >= 4 is 29.4 Å². The summed E-state index contributed by atoms with van der Waals surface area (Å²) < 4.78 is 5.42. The highest BCUT2D eigenvalue weighted by Gasteiger charge is 2.44. The van der Waals surface area contributed by atoms with Gasteiger partial charge in [-0.3, -0.25) is 14.4 Å². The third-order valence-corrected chi connectivity index (χ3v) is 6.74. The third-order valence-electron chi connectivity index (χ3n) is 6.49. The van der Waals surface area contributed by atoms with E-state index in [2.05, 4.69) is 0 Å². The van der Waals surface area contributed by atoms with Gasteiger partial charge in [0.05, 0.1) is 12.0 Å². The van der Waals surface area contributed by atoms with Crippen molar-refractivity contribution in [1.29, 1.82) is 0 Å². The summed E-state index contributed by atoms with van der Waals surface area (Å²) in [6.45, 7) is 6.13. The maximum Gasteiger partial charge on any atom is 0.312 e. The van der Waals surface area contributed by atoms with Crippen LogP contribution in [0, 0.1) is 11.3 Å². The SMILES string of the molecule is CCOC(=O)C1(Cc2ccc(Cl)cc2)CCN(C(=O)C2CCN(C(C)=O)CC2)CC1. The summed E-state index contributed by atoms with van der Waals surface area (Å²) in [6, 6.07) is 7.57. The first kappa shape index (κ1) is 22.6. The standard InChI is InChI=1S/C23H31ClN2O4/c1-3-30-22(29)23(16-18-4-6-20(24)7-5-18)10-14-26(15-11-23)21(28)19-8-12-25(13-9-19)17(2)27/h4-7,19H,3,8-16H2,1-2H3. The molecule has 2 saturated heterocycles. The lowest BCUT2D eigenvalue weighted by Gasteiger charge is -2.42. The molecule has 0 aliphatic carbocycles. The lowest BCUT2D eigenvalue weighted by atomic mass is 9.73. The molecule has 3 rings (SSSR count). The second-order valence-electron chi connectivity index (χ2n) is 8.41. The van der Waals surface area contributed by atoms with Gasteiger partial charge < -0.3 is 14.5 Å². The van der Waals surface area contributed by atoms with Crippen LogP contribution < -0.4 is 0 Å². The smallest absolute Gasteiger partial charge is 0.312 e. The molecule has 1 aromatic rings. The van der Waals surface area contributed by atoms with Crippen molar-refractivity contribution in [1.82, 2.24) is 9.80 Å². The van der Waals surface area contributed by atoms with Gasteiger partial charge in [-0.25, -0.2) is 0 Å². The van der Waals surface area contributed by atoms with Gasteiger partial charge in [-0.15, -0.1) is 0 Å². The van der Waals surface area contributed by atoms with Crippen molar-refractivity contribution in [3.8, 4) is 0 Å². The Hall–Kier alpha value is -2.08. The average Bonchev–Trinajstić information content (AvgIpc) is 2.75. The number of hydrogen-bond acceptors (Lipinski definition) is 4. The second kappa shape index (κ2) is 9.82. The Kier molecular flexibility index (Phi) is 7.40. The Morgan fingerprint density at radius 2 is 1.63 bits per heavy atom. The zero-order valence-corrected chi connectivity index (χ0v) is 18.6. The predicted octanol–water partition coefficient (Wildman–Crippen LogP) is 3.31. The molecule has 2 fully saturated rings. The van der Waals surface area contributed by atoms with Crippen LogP contribution >= 0.6 is 11.6 Å². The summed E-state index contributed by atoms with van der Waals surface area (Å²) in [5.74, 6) is 0.0104. The molecule has 164 valence electrons. The summed E-state index contributed by atoms with van der Waals surface area (Å²) in [6.07, 6.45) is 3.19. The fourth-order valence-corrected chi connectivity index (χ4v) is 4.71. The Balaban J connectivity index is 1.64. The van der Waals surface area contributed by atoms with Crippen molar-refractivity contribution in [2.75, 3.05) is 32.8 Å². The topological polar surface area (TPSA) is 66.9 Å². The van der Waals surface area contributed by atoms with E-state index in [0.717, 1.165) is 5.56 Å². The fourth-order valence-electron chi connectivity index (χ4n) is 4.58. The number of piperidine rings is 2. The number of hydrogen-bond donors (Lipinski definition) is 0. The number of likely N-dealkylation sites (tertiary alicyclic amines) is 2. The number of benzene rings is 1. The van der Waals surface area contributed by atoms with E-state index >= 15 is 0 Å². The number of esters is 1. The van der Waals surface area contributed by atoms with Crippen LogP contribution in [0.15, 0.2) is 24.3 Å². The van der Waals surface area contributed by atoms with Crippen molar-refractivity contribution in [2.45, 2.75) is 46.0 Å². The molecule has 2 amide bonds. The zero-order chi connectivity index (χ0) is 21.7. The molecule has 0 radical (unpaired) electrons. The second-order valence-corrected chi connectivity index (χ2v) is 8.85. The van der Waals surface area contributed by atoms with Crippen LogP contribution in [0.4, 0.5) is 0 Å². The van der Waals surface area contributed by atoms with E-state index in [9.17, 15) is 14.4 Å². The number of amides is 2. The largest absolute Gasteiger partial charge is 0.466 e. The number of carbonyl (C=O) groups excluding carboxylic acids is 3. The molecule has 1 aromatic carbocycles. The molecular formula is C23H31ClN2O4. The zero-order valence-electron chi connectivity index (χ0n) is 17.9. The molecule has 0 saturated carbocycles. The van der Waals surface area contributed by atoms with Gasteiger partial charge in [0.1, 0.15) is 0 Å². The maximum atomic E-state index is 13.0. The lowest BCUT2D eigenvalue weighted by molar-refractivity contribution is -0.161. The molecule has 0 aromatic heterocycles. The molecule has 6 nitrogen and oxygen atoms in total. The first-order chi connectivity index (χ1) is 14.3. The van der Waals surface area contributed by atoms with Crippen LogP contribution in [0.5, 0.6) is 0 Å². The van der Waals surface area contributed by atoms with E-state index < -0.39 is 5.41 Å². The first-order valence-corrected chi connectivity index (χ1v) is 11.2. The lowest BCUT2D eigenvalue weighted by Crippen LogP contribution is -2.51. The highest BCUT2D eigenvalue weighted by Crippen LogP contribution is 2.38. The van der Waals surface area contributed by atoms with E-state index in [1.807, 2.05) is 36.1 Å². The quantitative estimate of drug-likeness (QED) is 0.667. The Labute approximate surface area is 183 Å². The summed E-state index contributed by atoms with van der Waals surface area (Å²) in [4.78, 5) is 41.1. The molecule has 0 unspecified atom stereocenters. The molecular weight excluding hydrogens is 404 g/mol. The molecule has 7 heteroatoms. The number of halogens is 1. The van der Waals surface area contributed by atoms with Crippen LogP contribution in [-0.2, 0) is 25.5 Å². The Morgan fingerprint density at radius 1 is 1.03 bits per heavy atom. The average molecular weight is 435 g/mol. The van der Waals surface area contributed by atoms with Crippen LogP contribution in [0.3, 0.4) is 0 Å². The monoisotopic (exact) mass is 434 g/mol. The van der Waals surface area contributed by atoms with Crippen molar-refractivity contribution < 1.29 is 19.1 Å². The minimum atomic E-state index is -0.612. The highest BCUT2D eigenvalue weighted by molar-refractivity contribution is 6.30. The molecule has 30 heavy (non-hydrogen) atoms. The van der Waals surface area contributed by atoms with Gasteiger partial charge in [-0.05, 0) is 56.7 Å². The first-order valence-electron chi connectivity index (χ1n) is 10.8. The van der Waals surface area contributed by atoms with Crippen LogP contribution in [0.1, 0.15) is 45.1 Å². The van der Waals surface area contributed by atoms with Crippen LogP contribution in [0.2, 0.25) is 5.02 Å². The van der Waals surface area contributed by atoms with E-state index in [1.54, 1.807) is 11.8 Å². The van der Waals surface area contributed by atoms with E-state index in [4.69, 9.17) is 16.3 Å². The van der Waals surface area contributed by atoms with Crippen molar-refractivity contribution in [2.24, 2.45) is 11.3 Å². The molecule has 2 aliphatic heterocycles.